The highest BCUT2D eigenvalue weighted by Gasteiger charge is 2.31. The Morgan fingerprint density at radius 2 is 2.04 bits per heavy atom. The van der Waals surface area contributed by atoms with Crippen molar-refractivity contribution in [1.29, 1.82) is 0 Å². The van der Waals surface area contributed by atoms with Gasteiger partial charge in [0.15, 0.2) is 0 Å². The molecule has 1 aromatic rings. The first kappa shape index (κ1) is 21.7. The van der Waals surface area contributed by atoms with E-state index in [-0.39, 0.29) is 11.4 Å². The van der Waals surface area contributed by atoms with Gasteiger partial charge in [-0.05, 0) is 58.2 Å². The average Bonchev–Trinajstić information content (AvgIpc) is 2.70. The van der Waals surface area contributed by atoms with Gasteiger partial charge in [0.2, 0.25) is 0 Å². The van der Waals surface area contributed by atoms with Crippen LogP contribution in [-0.4, -0.2) is 55.8 Å². The summed E-state index contributed by atoms with van der Waals surface area (Å²) >= 11 is 0. The second-order valence-electron chi connectivity index (χ2n) is 7.90. The third kappa shape index (κ3) is 6.51. The molecule has 5 heteroatoms. The van der Waals surface area contributed by atoms with E-state index in [1.165, 1.54) is 19.3 Å². The third-order valence-corrected chi connectivity index (χ3v) is 5.46. The summed E-state index contributed by atoms with van der Waals surface area (Å²) < 4.78 is 11.0. The van der Waals surface area contributed by atoms with Crippen molar-refractivity contribution in [2.24, 2.45) is 5.92 Å². The molecule has 0 bridgehead atoms. The lowest BCUT2D eigenvalue weighted by molar-refractivity contribution is 0.0610. The normalized spacial score (nSPS) is 18.3. The predicted octanol–water partition coefficient (Wildman–Crippen LogP) is 3.73. The number of rotatable bonds is 10. The Morgan fingerprint density at radius 1 is 1.26 bits per heavy atom. The van der Waals surface area contributed by atoms with E-state index < -0.39 is 0 Å². The molecule has 1 N–H and O–H groups in total. The van der Waals surface area contributed by atoms with Gasteiger partial charge in [0.1, 0.15) is 12.4 Å². The maximum absolute atomic E-state index is 12.8. The number of hydrogen-bond donors (Lipinski definition) is 1. The molecular weight excluding hydrogens is 340 g/mol. The molecule has 0 spiro atoms. The summed E-state index contributed by atoms with van der Waals surface area (Å²) in [5, 5.41) is 3.12. The molecule has 1 amide bonds. The van der Waals surface area contributed by atoms with E-state index in [1.807, 2.05) is 31.2 Å². The number of nitrogens with one attached hydrogen (secondary N) is 1. The monoisotopic (exact) mass is 376 g/mol. The topological polar surface area (TPSA) is 50.8 Å². The Morgan fingerprint density at radius 3 is 2.78 bits per heavy atom. The van der Waals surface area contributed by atoms with Crippen LogP contribution in [0.3, 0.4) is 0 Å². The van der Waals surface area contributed by atoms with Crippen molar-refractivity contribution in [3.63, 3.8) is 0 Å². The molecule has 1 unspecified atom stereocenters. The molecule has 2 rings (SSSR count). The van der Waals surface area contributed by atoms with Gasteiger partial charge in [-0.15, -0.1) is 0 Å². The van der Waals surface area contributed by atoms with E-state index in [2.05, 4.69) is 31.0 Å². The van der Waals surface area contributed by atoms with Crippen LogP contribution >= 0.6 is 0 Å². The van der Waals surface area contributed by atoms with Crippen molar-refractivity contribution in [1.82, 2.24) is 10.2 Å². The molecule has 0 saturated carbocycles. The van der Waals surface area contributed by atoms with E-state index in [9.17, 15) is 4.79 Å². The minimum Gasteiger partial charge on any atom is -0.490 e. The fraction of sp³-hybridized carbons (Fsp3) is 0.682. The van der Waals surface area contributed by atoms with E-state index in [0.717, 1.165) is 19.0 Å². The van der Waals surface area contributed by atoms with E-state index in [1.54, 1.807) is 0 Å². The fourth-order valence-electron chi connectivity index (χ4n) is 3.59. The number of para-hydroxylation sites is 1. The highest BCUT2D eigenvalue weighted by molar-refractivity contribution is 5.96. The Hall–Kier alpha value is -1.59. The zero-order valence-corrected chi connectivity index (χ0v) is 17.4. The van der Waals surface area contributed by atoms with Gasteiger partial charge in [-0.2, -0.15) is 0 Å². The van der Waals surface area contributed by atoms with Crippen LogP contribution in [0.25, 0.3) is 0 Å². The number of nitrogens with zero attached hydrogens (tertiary/aromatic N) is 1. The van der Waals surface area contributed by atoms with Crippen molar-refractivity contribution in [2.75, 3.05) is 39.5 Å². The molecule has 1 aromatic carbocycles. The number of piperidine rings is 1. The molecule has 152 valence electrons. The van der Waals surface area contributed by atoms with Crippen LogP contribution in [0.2, 0.25) is 0 Å². The molecule has 5 nitrogen and oxygen atoms in total. The molecule has 0 radical (unpaired) electrons. The van der Waals surface area contributed by atoms with Gasteiger partial charge in [-0.1, -0.05) is 25.5 Å². The molecule has 0 aromatic heterocycles. The Balaban J connectivity index is 1.92. The SMILES string of the molecule is CCOCCOc1ccccc1C(=O)NCC(C)(C)N1CCCC(CC)C1. The van der Waals surface area contributed by atoms with Crippen LogP contribution in [-0.2, 0) is 4.74 Å². The fourth-order valence-corrected chi connectivity index (χ4v) is 3.59. The minimum absolute atomic E-state index is 0.0612. The van der Waals surface area contributed by atoms with Crippen LogP contribution < -0.4 is 10.1 Å². The highest BCUT2D eigenvalue weighted by Crippen LogP contribution is 2.26. The zero-order chi connectivity index (χ0) is 19.7. The van der Waals surface area contributed by atoms with Crippen molar-refractivity contribution < 1.29 is 14.3 Å². The first-order chi connectivity index (χ1) is 13.0. The lowest BCUT2D eigenvalue weighted by Gasteiger charge is -2.43. The van der Waals surface area contributed by atoms with Crippen LogP contribution in [0.15, 0.2) is 24.3 Å². The van der Waals surface area contributed by atoms with Crippen LogP contribution in [0.5, 0.6) is 5.75 Å². The number of carbonyl (C=O) groups excluding carboxylic acids is 1. The molecule has 1 aliphatic rings. The summed E-state index contributed by atoms with van der Waals surface area (Å²) in [4.78, 5) is 15.3. The van der Waals surface area contributed by atoms with Gasteiger partial charge in [0, 0.05) is 25.2 Å². The summed E-state index contributed by atoms with van der Waals surface area (Å²) in [5.74, 6) is 1.30. The molecule has 1 atom stereocenters. The Kier molecular flexibility index (Phi) is 8.58. The molecule has 1 saturated heterocycles. The zero-order valence-electron chi connectivity index (χ0n) is 17.4. The molecular formula is C22H36N2O3. The van der Waals surface area contributed by atoms with Crippen molar-refractivity contribution >= 4 is 5.91 Å². The number of carbonyl (C=O) groups is 1. The van der Waals surface area contributed by atoms with Crippen molar-refractivity contribution in [2.45, 2.75) is 52.5 Å². The van der Waals surface area contributed by atoms with Crippen molar-refractivity contribution in [3.8, 4) is 5.75 Å². The number of amides is 1. The number of ether oxygens (including phenoxy) is 2. The van der Waals surface area contributed by atoms with Gasteiger partial charge < -0.3 is 14.8 Å². The summed E-state index contributed by atoms with van der Waals surface area (Å²) in [5.41, 5.74) is 0.517. The van der Waals surface area contributed by atoms with Gasteiger partial charge >= 0.3 is 0 Å². The molecule has 1 fully saturated rings. The van der Waals surface area contributed by atoms with Crippen LogP contribution in [0.4, 0.5) is 0 Å². The Bertz CT molecular complexity index is 589. The van der Waals surface area contributed by atoms with Crippen molar-refractivity contribution in [3.05, 3.63) is 29.8 Å². The molecule has 0 aliphatic carbocycles. The number of hydrogen-bond acceptors (Lipinski definition) is 4. The standard InChI is InChI=1S/C22H36N2O3/c1-5-18-10-9-13-24(16-18)22(3,4)17-23-21(25)19-11-7-8-12-20(19)27-15-14-26-6-2/h7-8,11-12,18H,5-6,9-10,13-17H2,1-4H3,(H,23,25). The maximum Gasteiger partial charge on any atom is 0.255 e. The Labute approximate surface area is 164 Å². The van der Waals surface area contributed by atoms with E-state index >= 15 is 0 Å². The largest absolute Gasteiger partial charge is 0.490 e. The van der Waals surface area contributed by atoms with E-state index in [4.69, 9.17) is 9.47 Å². The summed E-state index contributed by atoms with van der Waals surface area (Å²) in [7, 11) is 0. The van der Waals surface area contributed by atoms with E-state index in [0.29, 0.717) is 37.7 Å². The molecule has 1 aliphatic heterocycles. The predicted molar refractivity (Wildman–Crippen MR) is 109 cm³/mol. The number of likely N-dealkylation sites (tertiary alicyclic amines) is 1. The lowest BCUT2D eigenvalue weighted by atomic mass is 9.91. The molecule has 27 heavy (non-hydrogen) atoms. The third-order valence-electron chi connectivity index (χ3n) is 5.46. The molecule has 1 heterocycles. The van der Waals surface area contributed by atoms with Gasteiger partial charge in [-0.3, -0.25) is 9.69 Å². The quantitative estimate of drug-likeness (QED) is 0.632. The summed E-state index contributed by atoms with van der Waals surface area (Å²) in [6.07, 6.45) is 3.79. The lowest BCUT2D eigenvalue weighted by Crippen LogP contribution is -2.54. The second kappa shape index (κ2) is 10.7. The van der Waals surface area contributed by atoms with Gasteiger partial charge in [0.05, 0.1) is 12.2 Å². The maximum atomic E-state index is 12.8. The highest BCUT2D eigenvalue weighted by atomic mass is 16.5. The van der Waals surface area contributed by atoms with Crippen LogP contribution in [0.1, 0.15) is 57.3 Å². The second-order valence-corrected chi connectivity index (χ2v) is 7.90. The van der Waals surface area contributed by atoms with Gasteiger partial charge in [-0.25, -0.2) is 0 Å². The minimum atomic E-state index is -0.0841. The average molecular weight is 377 g/mol. The first-order valence-electron chi connectivity index (χ1n) is 10.3. The van der Waals surface area contributed by atoms with Crippen LogP contribution in [0, 0.1) is 5.92 Å². The first-order valence-corrected chi connectivity index (χ1v) is 10.3. The summed E-state index contributed by atoms with van der Waals surface area (Å²) in [6.45, 7) is 13.1. The number of benzene rings is 1. The summed E-state index contributed by atoms with van der Waals surface area (Å²) in [6, 6.07) is 7.40. The van der Waals surface area contributed by atoms with Gasteiger partial charge in [0.25, 0.3) is 5.91 Å². The smallest absolute Gasteiger partial charge is 0.255 e.